The minimum absolute atomic E-state index is 0.0181. The van der Waals surface area contributed by atoms with E-state index in [4.69, 9.17) is 21.6 Å². The van der Waals surface area contributed by atoms with Gasteiger partial charge in [-0.05, 0) is 30.3 Å². The summed E-state index contributed by atoms with van der Waals surface area (Å²) in [5.41, 5.74) is 1.76. The molecule has 0 atom stereocenters. The fourth-order valence-corrected chi connectivity index (χ4v) is 2.83. The van der Waals surface area contributed by atoms with E-state index in [1.54, 1.807) is 7.05 Å². The van der Waals surface area contributed by atoms with Crippen LogP contribution in [0.2, 0.25) is 5.02 Å². The molecule has 0 aliphatic rings. The van der Waals surface area contributed by atoms with Crippen LogP contribution in [0.25, 0.3) is 11.0 Å². The van der Waals surface area contributed by atoms with Gasteiger partial charge >= 0.3 is 11.7 Å². The molecule has 126 valence electrons. The van der Waals surface area contributed by atoms with Gasteiger partial charge < -0.3 is 4.74 Å². The number of esters is 1. The maximum absolute atomic E-state index is 12.3. The van der Waals surface area contributed by atoms with Gasteiger partial charge in [0.25, 0.3) is 0 Å². The third-order valence-corrected chi connectivity index (χ3v) is 4.17. The van der Waals surface area contributed by atoms with Crippen molar-refractivity contribution in [1.82, 2.24) is 9.13 Å². The Balaban J connectivity index is 1.75. The summed E-state index contributed by atoms with van der Waals surface area (Å²) in [5.74, 6) is -0.317. The molecule has 0 radical (unpaired) electrons. The van der Waals surface area contributed by atoms with Crippen LogP contribution in [-0.4, -0.2) is 15.1 Å². The molecule has 0 fully saturated rings. The predicted octanol–water partition coefficient (Wildman–Crippen LogP) is 2.86. The molecule has 0 unspecified atom stereocenters. The number of fused-ring (bicyclic) bond motifs is 1. The van der Waals surface area contributed by atoms with Crippen LogP contribution in [0.5, 0.6) is 5.75 Å². The van der Waals surface area contributed by atoms with Crippen LogP contribution in [0.3, 0.4) is 0 Å². The van der Waals surface area contributed by atoms with Gasteiger partial charge in [0.05, 0.1) is 34.1 Å². The Morgan fingerprint density at radius 2 is 1.96 bits per heavy atom. The number of hydrogen-bond donors (Lipinski definition) is 0. The highest BCUT2D eigenvalue weighted by Gasteiger charge is 2.13. The lowest BCUT2D eigenvalue weighted by atomic mass is 10.2. The van der Waals surface area contributed by atoms with Crippen LogP contribution in [0.4, 0.5) is 0 Å². The fourth-order valence-electron chi connectivity index (χ4n) is 2.61. The van der Waals surface area contributed by atoms with Gasteiger partial charge in [0.15, 0.2) is 0 Å². The summed E-state index contributed by atoms with van der Waals surface area (Å²) < 4.78 is 8.30. The van der Waals surface area contributed by atoms with E-state index in [1.165, 1.54) is 27.3 Å². The summed E-state index contributed by atoms with van der Waals surface area (Å²) in [6, 6.07) is 13.8. The quantitative estimate of drug-likeness (QED) is 0.532. The van der Waals surface area contributed by atoms with Gasteiger partial charge in [0, 0.05) is 13.6 Å². The van der Waals surface area contributed by atoms with Crippen molar-refractivity contribution in [3.05, 3.63) is 63.5 Å². The van der Waals surface area contributed by atoms with Crippen molar-refractivity contribution in [1.29, 1.82) is 5.26 Å². The summed E-state index contributed by atoms with van der Waals surface area (Å²) >= 11 is 5.99. The second-order valence-electron chi connectivity index (χ2n) is 5.46. The second kappa shape index (κ2) is 6.83. The first-order valence-electron chi connectivity index (χ1n) is 7.56. The number of rotatable bonds is 4. The molecule has 0 aliphatic heterocycles. The molecule has 1 heterocycles. The lowest BCUT2D eigenvalue weighted by molar-refractivity contribution is -0.134. The van der Waals surface area contributed by atoms with Crippen molar-refractivity contribution in [2.75, 3.05) is 0 Å². The Hall–Kier alpha value is -3.04. The number of carbonyl (C=O) groups is 1. The summed E-state index contributed by atoms with van der Waals surface area (Å²) in [5, 5.41) is 9.00. The number of carbonyl (C=O) groups excluding carboxylic acids is 1. The first kappa shape index (κ1) is 16.8. The van der Waals surface area contributed by atoms with E-state index >= 15 is 0 Å². The molecule has 0 N–H and O–H groups in total. The highest BCUT2D eigenvalue weighted by Crippen LogP contribution is 2.25. The number of halogens is 1. The maximum Gasteiger partial charge on any atom is 0.328 e. The zero-order valence-corrected chi connectivity index (χ0v) is 14.2. The summed E-state index contributed by atoms with van der Waals surface area (Å²) in [7, 11) is 1.69. The van der Waals surface area contributed by atoms with Crippen molar-refractivity contribution in [2.24, 2.45) is 7.05 Å². The number of hydrogen-bond acceptors (Lipinski definition) is 4. The van der Waals surface area contributed by atoms with E-state index in [1.807, 2.05) is 30.3 Å². The van der Waals surface area contributed by atoms with Crippen LogP contribution < -0.4 is 10.4 Å². The number of benzene rings is 2. The van der Waals surface area contributed by atoms with E-state index in [9.17, 15) is 9.59 Å². The molecule has 0 saturated carbocycles. The molecular weight excluding hydrogens is 342 g/mol. The van der Waals surface area contributed by atoms with Gasteiger partial charge in [-0.2, -0.15) is 5.26 Å². The predicted molar refractivity (Wildman–Crippen MR) is 93.6 cm³/mol. The Bertz CT molecular complexity index is 1060. The number of imidazole rings is 1. The Morgan fingerprint density at radius 1 is 1.24 bits per heavy atom. The van der Waals surface area contributed by atoms with Crippen LogP contribution >= 0.6 is 11.6 Å². The van der Waals surface area contributed by atoms with Gasteiger partial charge in [0.1, 0.15) is 5.75 Å². The minimum Gasteiger partial charge on any atom is -0.425 e. The maximum atomic E-state index is 12.3. The van der Waals surface area contributed by atoms with Crippen LogP contribution in [0, 0.1) is 11.3 Å². The van der Waals surface area contributed by atoms with E-state index in [0.717, 1.165) is 11.0 Å². The van der Waals surface area contributed by atoms with Crippen LogP contribution in [-0.2, 0) is 18.4 Å². The molecule has 0 aliphatic carbocycles. The summed E-state index contributed by atoms with van der Waals surface area (Å²) in [6.45, 7) is 0.201. The smallest absolute Gasteiger partial charge is 0.328 e. The largest absolute Gasteiger partial charge is 0.425 e. The topological polar surface area (TPSA) is 77.0 Å². The average molecular weight is 356 g/mol. The summed E-state index contributed by atoms with van der Waals surface area (Å²) in [6.07, 6.45) is 0.0181. The van der Waals surface area contributed by atoms with Crippen LogP contribution in [0.1, 0.15) is 12.0 Å². The minimum atomic E-state index is -0.508. The van der Waals surface area contributed by atoms with Crippen LogP contribution in [0.15, 0.2) is 47.3 Å². The van der Waals surface area contributed by atoms with Crippen molar-refractivity contribution in [3.63, 3.8) is 0 Å². The molecule has 3 aromatic rings. The number of aryl methyl sites for hydroxylation is 2. The number of para-hydroxylation sites is 2. The van der Waals surface area contributed by atoms with E-state index in [2.05, 4.69) is 0 Å². The molecule has 2 aromatic carbocycles. The molecule has 7 heteroatoms. The Morgan fingerprint density at radius 3 is 2.64 bits per heavy atom. The number of ether oxygens (including phenoxy) is 1. The normalized spacial score (nSPS) is 10.6. The monoisotopic (exact) mass is 355 g/mol. The lowest BCUT2D eigenvalue weighted by Gasteiger charge is -2.07. The van der Waals surface area contributed by atoms with Crippen molar-refractivity contribution in [3.8, 4) is 11.8 Å². The third kappa shape index (κ3) is 3.28. The number of nitrogens with zero attached hydrogens (tertiary/aromatic N) is 3. The number of aromatic nitrogens is 2. The van der Waals surface area contributed by atoms with Crippen molar-refractivity contribution in [2.45, 2.75) is 13.0 Å². The van der Waals surface area contributed by atoms with Crippen molar-refractivity contribution < 1.29 is 9.53 Å². The highest BCUT2D eigenvalue weighted by molar-refractivity contribution is 6.32. The molecular formula is C18H14ClN3O3. The number of nitriles is 1. The van der Waals surface area contributed by atoms with Gasteiger partial charge in [-0.3, -0.25) is 13.9 Å². The standard InChI is InChI=1S/C18H14ClN3O3/c1-21-14-4-2-3-5-15(14)22(18(21)24)9-8-17(23)25-16-7-6-12(11-20)10-13(16)19/h2-7,10H,8-9H2,1H3. The molecule has 0 amide bonds. The molecule has 1 aromatic heterocycles. The lowest BCUT2D eigenvalue weighted by Crippen LogP contribution is -2.24. The zero-order valence-electron chi connectivity index (χ0n) is 13.4. The third-order valence-electron chi connectivity index (χ3n) is 3.88. The van der Waals surface area contributed by atoms with Crippen molar-refractivity contribution >= 4 is 28.6 Å². The van der Waals surface area contributed by atoms with Gasteiger partial charge in [-0.25, -0.2) is 4.79 Å². The Kier molecular flexibility index (Phi) is 4.59. The van der Waals surface area contributed by atoms with E-state index < -0.39 is 5.97 Å². The second-order valence-corrected chi connectivity index (χ2v) is 5.87. The first-order valence-corrected chi connectivity index (χ1v) is 7.93. The van der Waals surface area contributed by atoms with Gasteiger partial charge in [-0.15, -0.1) is 0 Å². The SMILES string of the molecule is Cn1c(=O)n(CCC(=O)Oc2ccc(C#N)cc2Cl)c2ccccc21. The molecule has 0 saturated heterocycles. The molecule has 0 spiro atoms. The average Bonchev–Trinajstić information content (AvgIpc) is 2.86. The van der Waals surface area contributed by atoms with Gasteiger partial charge in [0.2, 0.25) is 0 Å². The Labute approximate surface area is 148 Å². The van der Waals surface area contributed by atoms with E-state index in [-0.39, 0.29) is 29.4 Å². The molecule has 0 bridgehead atoms. The molecule has 25 heavy (non-hydrogen) atoms. The first-order chi connectivity index (χ1) is 12.0. The highest BCUT2D eigenvalue weighted by atomic mass is 35.5. The molecule has 6 nitrogen and oxygen atoms in total. The fraction of sp³-hybridized carbons (Fsp3) is 0.167. The molecule has 3 rings (SSSR count). The summed E-state index contributed by atoms with van der Waals surface area (Å²) in [4.78, 5) is 24.4. The van der Waals surface area contributed by atoms with E-state index in [0.29, 0.717) is 5.56 Å². The van der Waals surface area contributed by atoms with Gasteiger partial charge in [-0.1, -0.05) is 23.7 Å². The zero-order chi connectivity index (χ0) is 18.0.